The molecule has 0 radical (unpaired) electrons. The molecule has 16 heavy (non-hydrogen) atoms. The van der Waals surface area contributed by atoms with Gasteiger partial charge in [0.15, 0.2) is 0 Å². The van der Waals surface area contributed by atoms with Crippen molar-refractivity contribution in [1.29, 1.82) is 0 Å². The maximum absolute atomic E-state index is 9.90. The van der Waals surface area contributed by atoms with E-state index in [4.69, 9.17) is 0 Å². The molecule has 0 aliphatic carbocycles. The molecular formula is C15H14O. The number of hydrogen-bond donors (Lipinski definition) is 1. The fraction of sp³-hybridized carbons (Fsp3) is 0.0667. The average Bonchev–Trinajstić information content (AvgIpc) is 2.38. The van der Waals surface area contributed by atoms with Crippen molar-refractivity contribution in [3.63, 3.8) is 0 Å². The van der Waals surface area contributed by atoms with Crippen LogP contribution in [0.25, 0.3) is 6.08 Å². The highest BCUT2D eigenvalue weighted by Crippen LogP contribution is 2.14. The maximum atomic E-state index is 9.90. The summed E-state index contributed by atoms with van der Waals surface area (Å²) in [6.07, 6.45) is 3.18. The van der Waals surface area contributed by atoms with Crippen molar-refractivity contribution in [3.8, 4) is 0 Å². The molecule has 1 heteroatoms. The second kappa shape index (κ2) is 5.29. The zero-order valence-corrected chi connectivity index (χ0v) is 8.95. The molecule has 0 fully saturated rings. The zero-order chi connectivity index (χ0) is 11.2. The Labute approximate surface area is 95.7 Å². The van der Waals surface area contributed by atoms with E-state index < -0.39 is 6.10 Å². The van der Waals surface area contributed by atoms with Gasteiger partial charge in [-0.2, -0.15) is 0 Å². The van der Waals surface area contributed by atoms with Gasteiger partial charge in [-0.15, -0.1) is 0 Å². The first kappa shape index (κ1) is 10.7. The van der Waals surface area contributed by atoms with Crippen LogP contribution in [0.3, 0.4) is 0 Å². The van der Waals surface area contributed by atoms with E-state index in [0.717, 1.165) is 11.1 Å². The van der Waals surface area contributed by atoms with Gasteiger partial charge >= 0.3 is 0 Å². The number of hydrogen-bond acceptors (Lipinski definition) is 1. The second-order valence-corrected chi connectivity index (χ2v) is 3.63. The largest absolute Gasteiger partial charge is 0.384 e. The van der Waals surface area contributed by atoms with Crippen molar-refractivity contribution >= 4 is 6.08 Å². The highest BCUT2D eigenvalue weighted by molar-refractivity contribution is 5.49. The minimum atomic E-state index is -0.540. The Morgan fingerprint density at radius 2 is 1.38 bits per heavy atom. The van der Waals surface area contributed by atoms with E-state index >= 15 is 0 Å². The number of benzene rings is 2. The molecule has 2 rings (SSSR count). The molecule has 1 atom stereocenters. The third-order valence-electron chi connectivity index (χ3n) is 2.41. The molecule has 0 bridgehead atoms. The van der Waals surface area contributed by atoms with Crippen molar-refractivity contribution < 1.29 is 5.11 Å². The highest BCUT2D eigenvalue weighted by Gasteiger charge is 2.00. The average molecular weight is 210 g/mol. The minimum absolute atomic E-state index is 0.540. The molecule has 0 saturated heterocycles. The molecule has 1 N–H and O–H groups in total. The topological polar surface area (TPSA) is 20.2 Å². The van der Waals surface area contributed by atoms with Crippen molar-refractivity contribution in [3.05, 3.63) is 77.9 Å². The van der Waals surface area contributed by atoms with Gasteiger partial charge < -0.3 is 5.11 Å². The molecule has 0 spiro atoms. The predicted molar refractivity (Wildman–Crippen MR) is 66.9 cm³/mol. The number of aliphatic hydroxyl groups excluding tert-OH is 1. The van der Waals surface area contributed by atoms with Crippen LogP contribution in [0.5, 0.6) is 0 Å². The van der Waals surface area contributed by atoms with Crippen LogP contribution in [0.1, 0.15) is 17.2 Å². The first-order valence-corrected chi connectivity index (χ1v) is 5.32. The van der Waals surface area contributed by atoms with Crippen LogP contribution in [0.2, 0.25) is 0 Å². The normalized spacial score (nSPS) is 12.8. The van der Waals surface area contributed by atoms with Crippen LogP contribution in [0.4, 0.5) is 0 Å². The summed E-state index contributed by atoms with van der Waals surface area (Å²) in [5, 5.41) is 9.90. The van der Waals surface area contributed by atoms with Gasteiger partial charge in [-0.05, 0) is 11.1 Å². The molecule has 2 aromatic carbocycles. The Morgan fingerprint density at radius 3 is 2.00 bits per heavy atom. The molecule has 1 unspecified atom stereocenters. The molecule has 1 nitrogen and oxygen atoms in total. The van der Waals surface area contributed by atoms with Gasteiger partial charge in [0.2, 0.25) is 0 Å². The summed E-state index contributed by atoms with van der Waals surface area (Å²) in [5.74, 6) is 0. The first-order chi connectivity index (χ1) is 7.86. The second-order valence-electron chi connectivity index (χ2n) is 3.63. The van der Waals surface area contributed by atoms with Crippen LogP contribution in [0.15, 0.2) is 66.7 Å². The van der Waals surface area contributed by atoms with Gasteiger partial charge in [-0.3, -0.25) is 0 Å². The van der Waals surface area contributed by atoms with E-state index in [1.54, 1.807) is 6.08 Å². The fourth-order valence-electron chi connectivity index (χ4n) is 1.53. The molecule has 0 aliphatic heterocycles. The van der Waals surface area contributed by atoms with E-state index in [9.17, 15) is 5.11 Å². The quantitative estimate of drug-likeness (QED) is 0.822. The van der Waals surface area contributed by atoms with Gasteiger partial charge in [0.1, 0.15) is 0 Å². The summed E-state index contributed by atoms with van der Waals surface area (Å²) < 4.78 is 0. The molecule has 80 valence electrons. The van der Waals surface area contributed by atoms with Crippen LogP contribution in [-0.2, 0) is 0 Å². The molecule has 2 aromatic rings. The highest BCUT2D eigenvalue weighted by atomic mass is 16.3. The van der Waals surface area contributed by atoms with E-state index in [1.165, 1.54) is 0 Å². The fourth-order valence-corrected chi connectivity index (χ4v) is 1.53. The van der Waals surface area contributed by atoms with E-state index in [1.807, 2.05) is 66.7 Å². The van der Waals surface area contributed by atoms with Gasteiger partial charge in [0.05, 0.1) is 6.10 Å². The number of rotatable bonds is 3. The summed E-state index contributed by atoms with van der Waals surface area (Å²) >= 11 is 0. The molecule has 0 amide bonds. The Bertz CT molecular complexity index is 445. The molecule has 0 aromatic heterocycles. The van der Waals surface area contributed by atoms with E-state index in [0.29, 0.717) is 0 Å². The van der Waals surface area contributed by atoms with Gasteiger partial charge in [0, 0.05) is 0 Å². The summed E-state index contributed by atoms with van der Waals surface area (Å²) in [6, 6.07) is 19.6. The van der Waals surface area contributed by atoms with E-state index in [2.05, 4.69) is 0 Å². The first-order valence-electron chi connectivity index (χ1n) is 5.32. The Balaban J connectivity index is 2.08. The number of aliphatic hydroxyl groups is 1. The summed E-state index contributed by atoms with van der Waals surface area (Å²) in [7, 11) is 0. The Kier molecular flexibility index (Phi) is 3.52. The molecule has 0 saturated carbocycles. The van der Waals surface area contributed by atoms with Gasteiger partial charge in [0.25, 0.3) is 0 Å². The standard InChI is InChI=1S/C15H14O/c16-15(14-9-5-2-6-10-14)12-11-13-7-3-1-4-8-13/h1-12,15-16H. The lowest BCUT2D eigenvalue weighted by Crippen LogP contribution is -1.91. The van der Waals surface area contributed by atoms with Crippen molar-refractivity contribution in [1.82, 2.24) is 0 Å². The lowest BCUT2D eigenvalue weighted by molar-refractivity contribution is 0.229. The SMILES string of the molecule is OC(C=Cc1ccccc1)c1ccccc1. The van der Waals surface area contributed by atoms with Crippen molar-refractivity contribution in [2.45, 2.75) is 6.10 Å². The summed E-state index contributed by atoms with van der Waals surface area (Å²) in [6.45, 7) is 0. The van der Waals surface area contributed by atoms with Crippen LogP contribution in [-0.4, -0.2) is 5.11 Å². The van der Waals surface area contributed by atoms with E-state index in [-0.39, 0.29) is 0 Å². The Morgan fingerprint density at radius 1 is 0.812 bits per heavy atom. The lowest BCUT2D eigenvalue weighted by Gasteiger charge is -2.04. The van der Waals surface area contributed by atoms with Crippen molar-refractivity contribution in [2.75, 3.05) is 0 Å². The third-order valence-corrected chi connectivity index (χ3v) is 2.41. The monoisotopic (exact) mass is 210 g/mol. The molecule has 0 aliphatic rings. The van der Waals surface area contributed by atoms with Gasteiger partial charge in [-0.25, -0.2) is 0 Å². The van der Waals surface area contributed by atoms with Crippen LogP contribution < -0.4 is 0 Å². The summed E-state index contributed by atoms with van der Waals surface area (Å²) in [4.78, 5) is 0. The predicted octanol–water partition coefficient (Wildman–Crippen LogP) is 3.43. The Hall–Kier alpha value is -1.86. The minimum Gasteiger partial charge on any atom is -0.384 e. The summed E-state index contributed by atoms with van der Waals surface area (Å²) in [5.41, 5.74) is 2.01. The van der Waals surface area contributed by atoms with Crippen LogP contribution >= 0.6 is 0 Å². The lowest BCUT2D eigenvalue weighted by atomic mass is 10.1. The van der Waals surface area contributed by atoms with Crippen molar-refractivity contribution in [2.24, 2.45) is 0 Å². The van der Waals surface area contributed by atoms with Gasteiger partial charge in [-0.1, -0.05) is 72.8 Å². The third kappa shape index (κ3) is 2.81. The molecular weight excluding hydrogens is 196 g/mol. The smallest absolute Gasteiger partial charge is 0.0975 e. The van der Waals surface area contributed by atoms with Crippen LogP contribution in [0, 0.1) is 0 Å². The molecule has 0 heterocycles. The zero-order valence-electron chi connectivity index (χ0n) is 8.95. The maximum Gasteiger partial charge on any atom is 0.0975 e.